The lowest BCUT2D eigenvalue weighted by atomic mass is 10.1. The van der Waals surface area contributed by atoms with Gasteiger partial charge in [0.25, 0.3) is 0 Å². The number of para-hydroxylation sites is 1. The smallest absolute Gasteiger partial charge is 0.327 e. The average Bonchev–Trinajstić information content (AvgIpc) is 2.37. The number of aryl methyl sites for hydroxylation is 1. The van der Waals surface area contributed by atoms with E-state index in [1.54, 1.807) is 18.0 Å². The maximum absolute atomic E-state index is 13.6. The van der Waals surface area contributed by atoms with E-state index >= 15 is 0 Å². The Bertz CT molecular complexity index is 644. The standard InChI is InChI=1S/C15H15FN2O2/c1-11-5-3-6-12(9-11)10-17(2)14-8-4-7-13(16)15(14)18(19)20/h3-9H,10H2,1-2H3. The first-order valence-electron chi connectivity index (χ1n) is 6.18. The lowest BCUT2D eigenvalue weighted by Gasteiger charge is -2.19. The van der Waals surface area contributed by atoms with Crippen molar-refractivity contribution in [2.24, 2.45) is 0 Å². The zero-order valence-corrected chi connectivity index (χ0v) is 11.3. The number of hydrogen-bond donors (Lipinski definition) is 0. The van der Waals surface area contributed by atoms with Crippen molar-refractivity contribution < 1.29 is 9.31 Å². The van der Waals surface area contributed by atoms with Crippen LogP contribution < -0.4 is 4.90 Å². The molecule has 0 spiro atoms. The SMILES string of the molecule is Cc1cccc(CN(C)c2cccc(F)c2[N+](=O)[O-])c1. The molecule has 0 amide bonds. The molecule has 0 saturated heterocycles. The van der Waals surface area contributed by atoms with Gasteiger partial charge in [0.05, 0.1) is 4.92 Å². The van der Waals surface area contributed by atoms with Crippen LogP contribution in [0.25, 0.3) is 0 Å². The van der Waals surface area contributed by atoms with E-state index in [0.29, 0.717) is 6.54 Å². The Hall–Kier alpha value is -2.43. The largest absolute Gasteiger partial charge is 0.365 e. The fourth-order valence-corrected chi connectivity index (χ4v) is 2.16. The van der Waals surface area contributed by atoms with Crippen molar-refractivity contribution in [1.29, 1.82) is 0 Å². The topological polar surface area (TPSA) is 46.4 Å². The van der Waals surface area contributed by atoms with Crippen LogP contribution in [0, 0.1) is 22.9 Å². The highest BCUT2D eigenvalue weighted by Gasteiger charge is 2.22. The molecule has 0 saturated carbocycles. The Kier molecular flexibility index (Phi) is 3.98. The molecule has 0 aromatic heterocycles. The first-order valence-corrected chi connectivity index (χ1v) is 6.18. The third-order valence-electron chi connectivity index (χ3n) is 3.06. The summed E-state index contributed by atoms with van der Waals surface area (Å²) in [4.78, 5) is 12.0. The first kappa shape index (κ1) is 14.0. The quantitative estimate of drug-likeness (QED) is 0.631. The molecule has 5 heteroatoms. The minimum absolute atomic E-state index is 0.275. The second-order valence-electron chi connectivity index (χ2n) is 4.71. The molecule has 0 N–H and O–H groups in total. The summed E-state index contributed by atoms with van der Waals surface area (Å²) in [5.74, 6) is -0.816. The maximum atomic E-state index is 13.6. The van der Waals surface area contributed by atoms with Gasteiger partial charge < -0.3 is 4.90 Å². The Balaban J connectivity index is 2.32. The van der Waals surface area contributed by atoms with E-state index in [9.17, 15) is 14.5 Å². The van der Waals surface area contributed by atoms with Gasteiger partial charge in [0.1, 0.15) is 5.69 Å². The van der Waals surface area contributed by atoms with Crippen LogP contribution in [0.1, 0.15) is 11.1 Å². The average molecular weight is 274 g/mol. The van der Waals surface area contributed by atoms with Crippen LogP contribution in [0.5, 0.6) is 0 Å². The Labute approximate surface area is 116 Å². The Morgan fingerprint density at radius 1 is 1.25 bits per heavy atom. The van der Waals surface area contributed by atoms with E-state index < -0.39 is 16.4 Å². The number of halogens is 1. The summed E-state index contributed by atoms with van der Waals surface area (Å²) in [6, 6.07) is 12.0. The number of benzene rings is 2. The molecule has 20 heavy (non-hydrogen) atoms. The van der Waals surface area contributed by atoms with Gasteiger partial charge in [0.15, 0.2) is 0 Å². The van der Waals surface area contributed by atoms with Gasteiger partial charge in [0, 0.05) is 13.6 Å². The van der Waals surface area contributed by atoms with Crippen molar-refractivity contribution in [3.63, 3.8) is 0 Å². The first-order chi connectivity index (χ1) is 9.49. The van der Waals surface area contributed by atoms with Gasteiger partial charge in [-0.2, -0.15) is 4.39 Å². The number of nitro benzene ring substituents is 1. The van der Waals surface area contributed by atoms with Gasteiger partial charge in [-0.25, -0.2) is 0 Å². The number of nitrogens with zero attached hydrogens (tertiary/aromatic N) is 2. The summed E-state index contributed by atoms with van der Waals surface area (Å²) >= 11 is 0. The van der Waals surface area contributed by atoms with E-state index in [2.05, 4.69) is 0 Å². The predicted octanol–water partition coefficient (Wildman–Crippen LogP) is 3.68. The lowest BCUT2D eigenvalue weighted by molar-refractivity contribution is -0.386. The maximum Gasteiger partial charge on any atom is 0.327 e. The molecule has 104 valence electrons. The second kappa shape index (κ2) is 5.69. The monoisotopic (exact) mass is 274 g/mol. The van der Waals surface area contributed by atoms with Gasteiger partial charge in [-0.15, -0.1) is 0 Å². The van der Waals surface area contributed by atoms with E-state index in [4.69, 9.17) is 0 Å². The zero-order chi connectivity index (χ0) is 14.7. The summed E-state index contributed by atoms with van der Waals surface area (Å²) in [6.45, 7) is 2.46. The Morgan fingerprint density at radius 2 is 1.95 bits per heavy atom. The molecule has 0 atom stereocenters. The molecule has 0 aliphatic heterocycles. The summed E-state index contributed by atoms with van der Waals surface area (Å²) in [5, 5.41) is 11.0. The minimum Gasteiger partial charge on any atom is -0.365 e. The molecule has 0 aliphatic carbocycles. The molecule has 0 unspecified atom stereocenters. The molecule has 0 radical (unpaired) electrons. The molecule has 0 bridgehead atoms. The van der Waals surface area contributed by atoms with Crippen molar-refractivity contribution in [3.8, 4) is 0 Å². The van der Waals surface area contributed by atoms with E-state index in [1.165, 1.54) is 6.07 Å². The normalized spacial score (nSPS) is 10.3. The van der Waals surface area contributed by atoms with Crippen LogP contribution in [0.2, 0.25) is 0 Å². The number of anilines is 1. The third-order valence-corrected chi connectivity index (χ3v) is 3.06. The summed E-state index contributed by atoms with van der Waals surface area (Å²) in [7, 11) is 1.71. The van der Waals surface area contributed by atoms with Crippen molar-refractivity contribution in [1.82, 2.24) is 0 Å². The van der Waals surface area contributed by atoms with Gasteiger partial charge in [-0.1, -0.05) is 35.9 Å². The van der Waals surface area contributed by atoms with E-state index in [1.807, 2.05) is 31.2 Å². The van der Waals surface area contributed by atoms with Crippen LogP contribution in [0.3, 0.4) is 0 Å². The predicted molar refractivity (Wildman–Crippen MR) is 76.3 cm³/mol. The van der Waals surface area contributed by atoms with E-state index in [-0.39, 0.29) is 5.69 Å². The van der Waals surface area contributed by atoms with Crippen LogP contribution in [-0.4, -0.2) is 12.0 Å². The van der Waals surface area contributed by atoms with Gasteiger partial charge in [0.2, 0.25) is 5.82 Å². The van der Waals surface area contributed by atoms with Crippen molar-refractivity contribution in [3.05, 3.63) is 69.5 Å². The highest BCUT2D eigenvalue weighted by atomic mass is 19.1. The molecular formula is C15H15FN2O2. The zero-order valence-electron chi connectivity index (χ0n) is 11.3. The number of nitro groups is 1. The van der Waals surface area contributed by atoms with Crippen molar-refractivity contribution in [2.75, 3.05) is 11.9 Å². The molecule has 4 nitrogen and oxygen atoms in total. The highest BCUT2D eigenvalue weighted by molar-refractivity contribution is 5.63. The summed E-state index contributed by atoms with van der Waals surface area (Å²) in [5.41, 5.74) is 1.93. The molecular weight excluding hydrogens is 259 g/mol. The minimum atomic E-state index is -0.816. The van der Waals surface area contributed by atoms with Crippen LogP contribution in [-0.2, 0) is 6.54 Å². The van der Waals surface area contributed by atoms with Crippen LogP contribution >= 0.6 is 0 Å². The molecule has 0 fully saturated rings. The fourth-order valence-electron chi connectivity index (χ4n) is 2.16. The Morgan fingerprint density at radius 3 is 2.60 bits per heavy atom. The van der Waals surface area contributed by atoms with Gasteiger partial charge in [-0.05, 0) is 24.6 Å². The van der Waals surface area contributed by atoms with Crippen molar-refractivity contribution >= 4 is 11.4 Å². The van der Waals surface area contributed by atoms with Gasteiger partial charge in [-0.3, -0.25) is 10.1 Å². The van der Waals surface area contributed by atoms with E-state index in [0.717, 1.165) is 17.2 Å². The molecule has 2 rings (SSSR count). The molecule has 2 aromatic rings. The second-order valence-corrected chi connectivity index (χ2v) is 4.71. The van der Waals surface area contributed by atoms with Gasteiger partial charge >= 0.3 is 5.69 Å². The number of hydrogen-bond acceptors (Lipinski definition) is 3. The molecule has 0 aliphatic rings. The highest BCUT2D eigenvalue weighted by Crippen LogP contribution is 2.30. The summed E-state index contributed by atoms with van der Waals surface area (Å²) < 4.78 is 13.6. The van der Waals surface area contributed by atoms with Crippen molar-refractivity contribution in [2.45, 2.75) is 13.5 Å². The van der Waals surface area contributed by atoms with Crippen LogP contribution in [0.15, 0.2) is 42.5 Å². The van der Waals surface area contributed by atoms with Crippen LogP contribution in [0.4, 0.5) is 15.8 Å². The third kappa shape index (κ3) is 2.93. The fraction of sp³-hybridized carbons (Fsp3) is 0.200. The lowest BCUT2D eigenvalue weighted by Crippen LogP contribution is -2.18. The molecule has 0 heterocycles. The number of rotatable bonds is 4. The summed E-state index contributed by atoms with van der Waals surface area (Å²) in [6.07, 6.45) is 0. The molecule has 2 aromatic carbocycles.